The third-order valence-corrected chi connectivity index (χ3v) is 5.83. The monoisotopic (exact) mass is 310 g/mol. The summed E-state index contributed by atoms with van der Waals surface area (Å²) in [5.41, 5.74) is 2.56. The molecule has 0 saturated carbocycles. The van der Waals surface area contributed by atoms with Crippen LogP contribution in [0.5, 0.6) is 0 Å². The van der Waals surface area contributed by atoms with Crippen LogP contribution in [-0.2, 0) is 16.6 Å². The molecule has 108 valence electrons. The van der Waals surface area contributed by atoms with Gasteiger partial charge in [-0.2, -0.15) is 0 Å². The van der Waals surface area contributed by atoms with Crippen LogP contribution in [0.15, 0.2) is 34.5 Å². The van der Waals surface area contributed by atoms with Gasteiger partial charge in [0.25, 0.3) is 10.0 Å². The van der Waals surface area contributed by atoms with E-state index in [0.29, 0.717) is 16.4 Å². The summed E-state index contributed by atoms with van der Waals surface area (Å²) >= 11 is 1.28. The molecule has 1 heterocycles. The molecular weight excluding hydrogens is 292 g/mol. The van der Waals surface area contributed by atoms with E-state index in [0.717, 1.165) is 16.0 Å². The standard InChI is InChI=1S/C14H18N2O2S2/c1-10-4-5-11(2)13(8-10)16-20(17,18)14-7-6-12(19-14)9-15-3/h4-8,15-16H,9H2,1-3H3. The predicted molar refractivity (Wildman–Crippen MR) is 83.8 cm³/mol. The van der Waals surface area contributed by atoms with Gasteiger partial charge in [-0.05, 0) is 50.2 Å². The first-order valence-electron chi connectivity index (χ1n) is 6.26. The molecule has 0 atom stereocenters. The lowest BCUT2D eigenvalue weighted by molar-refractivity contribution is 0.603. The Balaban J connectivity index is 2.28. The lowest BCUT2D eigenvalue weighted by atomic mass is 10.1. The van der Waals surface area contributed by atoms with Gasteiger partial charge in [0, 0.05) is 11.4 Å². The minimum atomic E-state index is -3.51. The van der Waals surface area contributed by atoms with E-state index >= 15 is 0 Å². The maximum absolute atomic E-state index is 12.4. The van der Waals surface area contributed by atoms with Crippen molar-refractivity contribution in [1.29, 1.82) is 0 Å². The third kappa shape index (κ3) is 3.39. The molecule has 0 amide bonds. The summed E-state index contributed by atoms with van der Waals surface area (Å²) in [6.07, 6.45) is 0. The highest BCUT2D eigenvalue weighted by atomic mass is 32.2. The van der Waals surface area contributed by atoms with E-state index in [4.69, 9.17) is 0 Å². The summed E-state index contributed by atoms with van der Waals surface area (Å²) in [6, 6.07) is 9.19. The average Bonchev–Trinajstić information content (AvgIpc) is 2.83. The molecule has 2 rings (SSSR count). The van der Waals surface area contributed by atoms with Crippen molar-refractivity contribution in [2.24, 2.45) is 0 Å². The summed E-state index contributed by atoms with van der Waals surface area (Å²) in [6.45, 7) is 4.50. The summed E-state index contributed by atoms with van der Waals surface area (Å²) in [7, 11) is -1.67. The van der Waals surface area contributed by atoms with Crippen molar-refractivity contribution < 1.29 is 8.42 Å². The van der Waals surface area contributed by atoms with E-state index in [2.05, 4.69) is 10.0 Å². The maximum atomic E-state index is 12.4. The minimum absolute atomic E-state index is 0.337. The fraction of sp³-hybridized carbons (Fsp3) is 0.286. The van der Waals surface area contributed by atoms with Crippen molar-refractivity contribution in [2.75, 3.05) is 11.8 Å². The molecule has 4 nitrogen and oxygen atoms in total. The maximum Gasteiger partial charge on any atom is 0.271 e. The largest absolute Gasteiger partial charge is 0.315 e. The van der Waals surface area contributed by atoms with Crippen molar-refractivity contribution in [3.05, 3.63) is 46.3 Å². The molecule has 0 saturated heterocycles. The van der Waals surface area contributed by atoms with Gasteiger partial charge in [-0.15, -0.1) is 11.3 Å². The molecule has 0 bridgehead atoms. The Hall–Kier alpha value is -1.37. The fourth-order valence-electron chi connectivity index (χ4n) is 1.81. The van der Waals surface area contributed by atoms with Crippen molar-refractivity contribution in [2.45, 2.75) is 24.6 Å². The Labute approximate surface area is 123 Å². The van der Waals surface area contributed by atoms with Crippen LogP contribution in [0.2, 0.25) is 0 Å². The zero-order chi connectivity index (χ0) is 14.8. The number of anilines is 1. The smallest absolute Gasteiger partial charge is 0.271 e. The number of benzene rings is 1. The molecule has 0 aliphatic heterocycles. The summed E-state index contributed by atoms with van der Waals surface area (Å²) in [5, 5.41) is 3.01. The van der Waals surface area contributed by atoms with Gasteiger partial charge in [0.05, 0.1) is 5.69 Å². The van der Waals surface area contributed by atoms with E-state index in [1.807, 2.05) is 45.2 Å². The second kappa shape index (κ2) is 5.95. The Morgan fingerprint density at radius 3 is 2.60 bits per heavy atom. The molecule has 6 heteroatoms. The van der Waals surface area contributed by atoms with Crippen molar-refractivity contribution in [1.82, 2.24) is 5.32 Å². The molecule has 1 aromatic carbocycles. The van der Waals surface area contributed by atoms with Crippen LogP contribution in [0.1, 0.15) is 16.0 Å². The number of hydrogen-bond acceptors (Lipinski definition) is 4. The first kappa shape index (κ1) is 15.0. The van der Waals surface area contributed by atoms with E-state index in [1.165, 1.54) is 11.3 Å². The molecule has 1 aromatic heterocycles. The van der Waals surface area contributed by atoms with Gasteiger partial charge in [-0.1, -0.05) is 12.1 Å². The number of hydrogen-bond donors (Lipinski definition) is 2. The van der Waals surface area contributed by atoms with E-state index in [9.17, 15) is 8.42 Å². The van der Waals surface area contributed by atoms with Gasteiger partial charge in [-0.3, -0.25) is 4.72 Å². The number of sulfonamides is 1. The van der Waals surface area contributed by atoms with Gasteiger partial charge in [-0.25, -0.2) is 8.42 Å². The second-order valence-electron chi connectivity index (χ2n) is 4.67. The van der Waals surface area contributed by atoms with E-state index in [-0.39, 0.29) is 0 Å². The number of thiophene rings is 1. The third-order valence-electron chi connectivity index (χ3n) is 2.89. The molecule has 0 radical (unpaired) electrons. The quantitative estimate of drug-likeness (QED) is 0.893. The predicted octanol–water partition coefficient (Wildman–Crippen LogP) is 2.89. The van der Waals surface area contributed by atoms with Crippen LogP contribution in [0.3, 0.4) is 0 Å². The Kier molecular flexibility index (Phi) is 4.47. The zero-order valence-corrected chi connectivity index (χ0v) is 13.4. The van der Waals surface area contributed by atoms with Crippen LogP contribution >= 0.6 is 11.3 Å². The first-order valence-corrected chi connectivity index (χ1v) is 8.56. The van der Waals surface area contributed by atoms with Crippen molar-refractivity contribution in [3.8, 4) is 0 Å². The minimum Gasteiger partial charge on any atom is -0.315 e. The summed E-state index contributed by atoms with van der Waals surface area (Å²) in [5.74, 6) is 0. The SMILES string of the molecule is CNCc1ccc(S(=O)(=O)Nc2cc(C)ccc2C)s1. The van der Waals surface area contributed by atoms with Gasteiger partial charge in [0.15, 0.2) is 0 Å². The lowest BCUT2D eigenvalue weighted by Crippen LogP contribution is -2.12. The Morgan fingerprint density at radius 1 is 1.15 bits per heavy atom. The van der Waals surface area contributed by atoms with Crippen LogP contribution in [0.25, 0.3) is 0 Å². The summed E-state index contributed by atoms with van der Waals surface area (Å²) in [4.78, 5) is 0.994. The highest BCUT2D eigenvalue weighted by Gasteiger charge is 2.17. The zero-order valence-electron chi connectivity index (χ0n) is 11.7. The van der Waals surface area contributed by atoms with Gasteiger partial charge in [0.1, 0.15) is 4.21 Å². The van der Waals surface area contributed by atoms with E-state index in [1.54, 1.807) is 6.07 Å². The molecule has 0 fully saturated rings. The van der Waals surface area contributed by atoms with E-state index < -0.39 is 10.0 Å². The van der Waals surface area contributed by atoms with Gasteiger partial charge >= 0.3 is 0 Å². The number of rotatable bonds is 5. The molecule has 0 spiro atoms. The van der Waals surface area contributed by atoms with Crippen molar-refractivity contribution >= 4 is 27.0 Å². The van der Waals surface area contributed by atoms with Crippen LogP contribution in [0.4, 0.5) is 5.69 Å². The molecule has 0 unspecified atom stereocenters. The van der Waals surface area contributed by atoms with Crippen LogP contribution in [0, 0.1) is 13.8 Å². The highest BCUT2D eigenvalue weighted by molar-refractivity contribution is 7.94. The molecule has 0 aliphatic rings. The van der Waals surface area contributed by atoms with Crippen LogP contribution in [-0.4, -0.2) is 15.5 Å². The van der Waals surface area contributed by atoms with Gasteiger partial charge in [0.2, 0.25) is 0 Å². The molecule has 0 aliphatic carbocycles. The molecule has 2 aromatic rings. The molecule has 20 heavy (non-hydrogen) atoms. The fourth-order valence-corrected chi connectivity index (χ4v) is 4.30. The van der Waals surface area contributed by atoms with Crippen LogP contribution < -0.4 is 10.0 Å². The highest BCUT2D eigenvalue weighted by Crippen LogP contribution is 2.25. The number of aryl methyl sites for hydroxylation is 2. The lowest BCUT2D eigenvalue weighted by Gasteiger charge is -2.10. The Bertz CT molecular complexity index is 706. The number of nitrogens with one attached hydrogen (secondary N) is 2. The Morgan fingerprint density at radius 2 is 1.90 bits per heavy atom. The second-order valence-corrected chi connectivity index (χ2v) is 7.75. The molecular formula is C14H18N2O2S2. The molecule has 2 N–H and O–H groups in total. The van der Waals surface area contributed by atoms with Crippen molar-refractivity contribution in [3.63, 3.8) is 0 Å². The normalized spacial score (nSPS) is 11.6. The van der Waals surface area contributed by atoms with Gasteiger partial charge < -0.3 is 5.32 Å². The average molecular weight is 310 g/mol. The summed E-state index contributed by atoms with van der Waals surface area (Å²) < 4.78 is 27.7. The topological polar surface area (TPSA) is 58.2 Å². The first-order chi connectivity index (χ1) is 9.42.